The van der Waals surface area contributed by atoms with Gasteiger partial charge in [0, 0.05) is 33.3 Å². The first kappa shape index (κ1) is 22.7. The van der Waals surface area contributed by atoms with Crippen LogP contribution >= 0.6 is 0 Å². The maximum Gasteiger partial charge on any atom is 0.277 e. The van der Waals surface area contributed by atoms with Gasteiger partial charge in [-0.05, 0) is 29.8 Å². The highest BCUT2D eigenvalue weighted by Gasteiger charge is 2.42. The first-order valence-electron chi connectivity index (χ1n) is 11.0. The highest BCUT2D eigenvalue weighted by molar-refractivity contribution is 6.35. The summed E-state index contributed by atoms with van der Waals surface area (Å²) in [5.74, 6) is 0.958. The Morgan fingerprint density at radius 2 is 1.45 bits per heavy atom. The predicted octanol–water partition coefficient (Wildman–Crippen LogP) is 2.25. The number of carbonyl (C=O) groups is 2. The number of para-hydroxylation sites is 2. The molecule has 2 aliphatic heterocycles. The van der Waals surface area contributed by atoms with E-state index in [-0.39, 0.29) is 18.4 Å². The van der Waals surface area contributed by atoms with E-state index in [2.05, 4.69) is 4.90 Å². The van der Waals surface area contributed by atoms with Gasteiger partial charge < -0.3 is 24.0 Å². The molecule has 2 aliphatic rings. The van der Waals surface area contributed by atoms with Gasteiger partial charge in [0.25, 0.3) is 11.8 Å². The number of nitrogens with zero attached hydrogens (tertiary/aromatic N) is 3. The van der Waals surface area contributed by atoms with Crippen molar-refractivity contribution in [2.75, 3.05) is 65.6 Å². The zero-order valence-corrected chi connectivity index (χ0v) is 19.2. The number of anilines is 1. The first-order valence-corrected chi connectivity index (χ1v) is 11.0. The molecule has 0 N–H and O–H groups in total. The van der Waals surface area contributed by atoms with Crippen LogP contribution in [0.2, 0.25) is 0 Å². The average Bonchev–Trinajstić information content (AvgIpc) is 3.12. The summed E-state index contributed by atoms with van der Waals surface area (Å²) in [6.45, 7) is 3.16. The third-order valence-electron chi connectivity index (χ3n) is 6.06. The Morgan fingerprint density at radius 3 is 2.09 bits per heavy atom. The quantitative estimate of drug-likeness (QED) is 0.570. The van der Waals surface area contributed by atoms with Crippen molar-refractivity contribution in [2.45, 2.75) is 0 Å². The summed E-state index contributed by atoms with van der Waals surface area (Å²) in [5, 5.41) is 0. The molecule has 2 amide bonds. The molecule has 0 saturated carbocycles. The number of amides is 2. The van der Waals surface area contributed by atoms with Gasteiger partial charge in [-0.25, -0.2) is 0 Å². The van der Waals surface area contributed by atoms with E-state index in [1.165, 1.54) is 4.90 Å². The molecule has 174 valence electrons. The van der Waals surface area contributed by atoms with Gasteiger partial charge >= 0.3 is 0 Å². The second-order valence-electron chi connectivity index (χ2n) is 7.85. The van der Waals surface area contributed by atoms with Gasteiger partial charge in [-0.15, -0.1) is 0 Å². The van der Waals surface area contributed by atoms with E-state index in [1.807, 2.05) is 41.3 Å². The van der Waals surface area contributed by atoms with Gasteiger partial charge in [0.2, 0.25) is 0 Å². The monoisotopic (exact) mass is 451 g/mol. The standard InChI is InChI=1S/C25H29N3O5/c1-31-17-16-28-24(29)22(18-8-10-19(32-2)11-9-18)23(25(28)30)27-14-12-26(13-15-27)20-6-4-5-7-21(20)33-3/h4-11H,12-17H2,1-3H3. The van der Waals surface area contributed by atoms with Crippen LogP contribution < -0.4 is 14.4 Å². The molecule has 2 heterocycles. The first-order chi connectivity index (χ1) is 16.1. The van der Waals surface area contributed by atoms with E-state index < -0.39 is 0 Å². The molecule has 8 heteroatoms. The molecule has 4 rings (SSSR count). The summed E-state index contributed by atoms with van der Waals surface area (Å²) >= 11 is 0. The highest BCUT2D eigenvalue weighted by Crippen LogP contribution is 2.34. The second-order valence-corrected chi connectivity index (χ2v) is 7.85. The SMILES string of the molecule is COCCN1C(=O)C(c2ccc(OC)cc2)=C(N2CCN(c3ccccc3OC)CC2)C1=O. The van der Waals surface area contributed by atoms with E-state index in [9.17, 15) is 9.59 Å². The summed E-state index contributed by atoms with van der Waals surface area (Å²) in [4.78, 5) is 32.2. The maximum atomic E-state index is 13.4. The van der Waals surface area contributed by atoms with Crippen LogP contribution in [0.3, 0.4) is 0 Å². The van der Waals surface area contributed by atoms with Gasteiger partial charge in [0.05, 0.1) is 38.6 Å². The Hall–Kier alpha value is -3.52. The molecule has 0 spiro atoms. The Bertz CT molecular complexity index is 1040. The molecule has 0 radical (unpaired) electrons. The number of hydrogen-bond donors (Lipinski definition) is 0. The number of rotatable bonds is 8. The largest absolute Gasteiger partial charge is 0.497 e. The van der Waals surface area contributed by atoms with Crippen molar-refractivity contribution in [2.24, 2.45) is 0 Å². The Morgan fingerprint density at radius 1 is 0.788 bits per heavy atom. The fourth-order valence-corrected chi connectivity index (χ4v) is 4.32. The summed E-state index contributed by atoms with van der Waals surface area (Å²) in [5.41, 5.74) is 2.63. The van der Waals surface area contributed by atoms with Crippen LogP contribution in [0.5, 0.6) is 11.5 Å². The Kier molecular flexibility index (Phi) is 6.84. The van der Waals surface area contributed by atoms with Crippen molar-refractivity contribution in [3.05, 3.63) is 59.8 Å². The Labute approximate surface area is 193 Å². The number of piperazine rings is 1. The molecule has 0 unspecified atom stereocenters. The van der Waals surface area contributed by atoms with Crippen LogP contribution in [0.25, 0.3) is 5.57 Å². The van der Waals surface area contributed by atoms with E-state index >= 15 is 0 Å². The van der Waals surface area contributed by atoms with Crippen LogP contribution in [0.1, 0.15) is 5.56 Å². The van der Waals surface area contributed by atoms with E-state index in [4.69, 9.17) is 14.2 Å². The smallest absolute Gasteiger partial charge is 0.277 e. The minimum Gasteiger partial charge on any atom is -0.497 e. The minimum absolute atomic E-state index is 0.221. The topological polar surface area (TPSA) is 71.6 Å². The van der Waals surface area contributed by atoms with Gasteiger partial charge in [0.1, 0.15) is 17.2 Å². The fraction of sp³-hybridized carbons (Fsp3) is 0.360. The second kappa shape index (κ2) is 9.95. The van der Waals surface area contributed by atoms with Gasteiger partial charge in [-0.1, -0.05) is 24.3 Å². The van der Waals surface area contributed by atoms with Crippen molar-refractivity contribution >= 4 is 23.1 Å². The molecule has 2 aromatic rings. The zero-order valence-electron chi connectivity index (χ0n) is 19.2. The molecule has 2 aromatic carbocycles. The summed E-state index contributed by atoms with van der Waals surface area (Å²) < 4.78 is 15.9. The van der Waals surface area contributed by atoms with Crippen molar-refractivity contribution < 1.29 is 23.8 Å². The summed E-state index contributed by atoms with van der Waals surface area (Å²) in [6, 6.07) is 15.2. The number of ether oxygens (including phenoxy) is 3. The number of benzene rings is 2. The average molecular weight is 452 g/mol. The minimum atomic E-state index is -0.288. The number of methoxy groups -OCH3 is 3. The molecular formula is C25H29N3O5. The molecule has 0 aromatic heterocycles. The molecule has 0 atom stereocenters. The van der Waals surface area contributed by atoms with Crippen molar-refractivity contribution in [1.29, 1.82) is 0 Å². The lowest BCUT2D eigenvalue weighted by atomic mass is 10.0. The molecule has 1 saturated heterocycles. The third-order valence-corrected chi connectivity index (χ3v) is 6.06. The van der Waals surface area contributed by atoms with Gasteiger partial charge in [-0.3, -0.25) is 14.5 Å². The third kappa shape index (κ3) is 4.39. The van der Waals surface area contributed by atoms with E-state index in [0.717, 1.165) is 11.4 Å². The van der Waals surface area contributed by atoms with Crippen molar-refractivity contribution in [3.63, 3.8) is 0 Å². The lowest BCUT2D eigenvalue weighted by Gasteiger charge is -2.38. The van der Waals surface area contributed by atoms with Crippen LogP contribution in [-0.4, -0.2) is 82.3 Å². The summed E-state index contributed by atoms with van der Waals surface area (Å²) in [6.07, 6.45) is 0. The van der Waals surface area contributed by atoms with Crippen LogP contribution in [0.4, 0.5) is 5.69 Å². The predicted molar refractivity (Wildman–Crippen MR) is 125 cm³/mol. The van der Waals surface area contributed by atoms with Crippen molar-refractivity contribution in [1.82, 2.24) is 9.80 Å². The van der Waals surface area contributed by atoms with Gasteiger partial charge in [0.15, 0.2) is 0 Å². The Balaban J connectivity index is 1.62. The molecule has 33 heavy (non-hydrogen) atoms. The summed E-state index contributed by atoms with van der Waals surface area (Å²) in [7, 11) is 4.82. The lowest BCUT2D eigenvalue weighted by Crippen LogP contribution is -2.48. The highest BCUT2D eigenvalue weighted by atomic mass is 16.5. The van der Waals surface area contributed by atoms with E-state index in [0.29, 0.717) is 55.4 Å². The molecule has 0 bridgehead atoms. The van der Waals surface area contributed by atoms with Crippen LogP contribution in [0, 0.1) is 0 Å². The van der Waals surface area contributed by atoms with Crippen LogP contribution in [-0.2, 0) is 14.3 Å². The number of hydrogen-bond acceptors (Lipinski definition) is 7. The molecular weight excluding hydrogens is 422 g/mol. The fourth-order valence-electron chi connectivity index (χ4n) is 4.32. The number of imide groups is 1. The molecule has 0 aliphatic carbocycles. The van der Waals surface area contributed by atoms with E-state index in [1.54, 1.807) is 33.5 Å². The van der Waals surface area contributed by atoms with Gasteiger partial charge in [-0.2, -0.15) is 0 Å². The normalized spacial score (nSPS) is 16.6. The van der Waals surface area contributed by atoms with Crippen molar-refractivity contribution in [3.8, 4) is 11.5 Å². The van der Waals surface area contributed by atoms with Crippen LogP contribution in [0.15, 0.2) is 54.2 Å². The maximum absolute atomic E-state index is 13.4. The lowest BCUT2D eigenvalue weighted by molar-refractivity contribution is -0.138. The molecule has 8 nitrogen and oxygen atoms in total. The number of carbonyl (C=O) groups excluding carboxylic acids is 2. The zero-order chi connectivity index (χ0) is 23.4. The molecule has 1 fully saturated rings.